The van der Waals surface area contributed by atoms with Crippen molar-refractivity contribution in [1.82, 2.24) is 9.78 Å². The molecule has 88 valence electrons. The molecule has 3 N–H and O–H groups in total. The van der Waals surface area contributed by atoms with Crippen molar-refractivity contribution in [2.75, 3.05) is 5.32 Å². The normalized spacial score (nSPS) is 10.2. The van der Waals surface area contributed by atoms with Crippen LogP contribution in [0.25, 0.3) is 0 Å². The van der Waals surface area contributed by atoms with E-state index in [1.807, 2.05) is 38.4 Å². The quantitative estimate of drug-likeness (QED) is 0.814. The summed E-state index contributed by atoms with van der Waals surface area (Å²) in [7, 11) is 1.87. The highest BCUT2D eigenvalue weighted by atomic mass is 32.1. The fourth-order valence-corrected chi connectivity index (χ4v) is 1.80. The van der Waals surface area contributed by atoms with Gasteiger partial charge in [0, 0.05) is 24.5 Å². The molecule has 0 aliphatic carbocycles. The maximum Gasteiger partial charge on any atom is 0.106 e. The first kappa shape index (κ1) is 11.6. The van der Waals surface area contributed by atoms with Crippen molar-refractivity contribution in [3.05, 3.63) is 41.7 Å². The molecule has 0 bridgehead atoms. The fourth-order valence-electron chi connectivity index (χ4n) is 1.62. The van der Waals surface area contributed by atoms with E-state index in [9.17, 15) is 0 Å². The van der Waals surface area contributed by atoms with Crippen LogP contribution < -0.4 is 11.1 Å². The fraction of sp³-hybridized carbons (Fsp3) is 0.167. The first-order valence-corrected chi connectivity index (χ1v) is 5.63. The average Bonchev–Trinajstić information content (AvgIpc) is 2.63. The summed E-state index contributed by atoms with van der Waals surface area (Å²) in [5.41, 5.74) is 9.51. The second kappa shape index (κ2) is 4.55. The van der Waals surface area contributed by atoms with Crippen LogP contribution in [0.2, 0.25) is 0 Å². The van der Waals surface area contributed by atoms with E-state index in [0.717, 1.165) is 22.5 Å². The molecule has 0 saturated heterocycles. The summed E-state index contributed by atoms with van der Waals surface area (Å²) in [6.45, 7) is 2.03. The molecule has 0 unspecified atom stereocenters. The van der Waals surface area contributed by atoms with E-state index in [-0.39, 0.29) is 0 Å². The molecule has 0 aliphatic heterocycles. The van der Waals surface area contributed by atoms with Crippen LogP contribution in [0.4, 0.5) is 11.4 Å². The molecule has 1 aromatic heterocycles. The topological polar surface area (TPSA) is 55.9 Å². The van der Waals surface area contributed by atoms with Gasteiger partial charge in [-0.2, -0.15) is 5.10 Å². The molecule has 5 heteroatoms. The van der Waals surface area contributed by atoms with Crippen molar-refractivity contribution in [1.29, 1.82) is 0 Å². The van der Waals surface area contributed by atoms with E-state index in [1.165, 1.54) is 0 Å². The highest BCUT2D eigenvalue weighted by Crippen LogP contribution is 2.22. The van der Waals surface area contributed by atoms with E-state index < -0.39 is 0 Å². The largest absolute Gasteiger partial charge is 0.389 e. The lowest BCUT2D eigenvalue weighted by Crippen LogP contribution is -2.11. The molecule has 0 amide bonds. The zero-order chi connectivity index (χ0) is 12.4. The van der Waals surface area contributed by atoms with Crippen molar-refractivity contribution in [2.24, 2.45) is 12.8 Å². The monoisotopic (exact) mass is 246 g/mol. The van der Waals surface area contributed by atoms with E-state index in [4.69, 9.17) is 18.0 Å². The van der Waals surface area contributed by atoms with Gasteiger partial charge in [0.05, 0.1) is 11.9 Å². The van der Waals surface area contributed by atoms with Gasteiger partial charge in [-0.15, -0.1) is 0 Å². The lowest BCUT2D eigenvalue weighted by Gasteiger charge is -2.10. The Hall–Kier alpha value is -1.88. The van der Waals surface area contributed by atoms with Crippen LogP contribution in [-0.4, -0.2) is 14.8 Å². The SMILES string of the molecule is Cc1ccc(C(N)=S)c(Nc2cnn(C)c2)c1. The number of nitrogens with one attached hydrogen (secondary N) is 1. The summed E-state index contributed by atoms with van der Waals surface area (Å²) < 4.78 is 1.73. The van der Waals surface area contributed by atoms with Gasteiger partial charge in [-0.25, -0.2) is 0 Å². The Bertz CT molecular complexity index is 559. The van der Waals surface area contributed by atoms with Crippen LogP contribution in [0.3, 0.4) is 0 Å². The summed E-state index contributed by atoms with van der Waals surface area (Å²) in [6.07, 6.45) is 3.65. The lowest BCUT2D eigenvalue weighted by atomic mass is 10.1. The molecule has 0 radical (unpaired) electrons. The van der Waals surface area contributed by atoms with E-state index in [2.05, 4.69) is 10.4 Å². The first-order valence-electron chi connectivity index (χ1n) is 5.22. The Balaban J connectivity index is 2.37. The minimum Gasteiger partial charge on any atom is -0.389 e. The zero-order valence-electron chi connectivity index (χ0n) is 9.77. The van der Waals surface area contributed by atoms with Gasteiger partial charge in [0.15, 0.2) is 0 Å². The molecule has 0 saturated carbocycles. The van der Waals surface area contributed by atoms with E-state index in [0.29, 0.717) is 4.99 Å². The number of benzene rings is 1. The molecule has 0 atom stereocenters. The molecule has 4 nitrogen and oxygen atoms in total. The number of nitrogens with two attached hydrogens (primary N) is 1. The van der Waals surface area contributed by atoms with Gasteiger partial charge in [-0.05, 0) is 24.6 Å². The molecule has 0 aliphatic rings. The standard InChI is InChI=1S/C12H14N4S/c1-8-3-4-10(12(13)17)11(5-8)15-9-6-14-16(2)7-9/h3-7,15H,1-2H3,(H2,13,17). The summed E-state index contributed by atoms with van der Waals surface area (Å²) >= 11 is 5.03. The molecule has 17 heavy (non-hydrogen) atoms. The van der Waals surface area contributed by atoms with Gasteiger partial charge in [0.1, 0.15) is 4.99 Å². The van der Waals surface area contributed by atoms with Crippen LogP contribution in [0.15, 0.2) is 30.6 Å². The Morgan fingerprint density at radius 1 is 1.47 bits per heavy atom. The smallest absolute Gasteiger partial charge is 0.106 e. The number of nitrogens with zero attached hydrogens (tertiary/aromatic N) is 2. The maximum atomic E-state index is 5.69. The number of anilines is 2. The van der Waals surface area contributed by atoms with Gasteiger partial charge in [0.25, 0.3) is 0 Å². The van der Waals surface area contributed by atoms with Gasteiger partial charge in [0.2, 0.25) is 0 Å². The zero-order valence-corrected chi connectivity index (χ0v) is 10.6. The third-order valence-corrected chi connectivity index (χ3v) is 2.64. The Morgan fingerprint density at radius 3 is 2.82 bits per heavy atom. The number of hydrogen-bond donors (Lipinski definition) is 2. The van der Waals surface area contributed by atoms with Crippen molar-refractivity contribution in [3.8, 4) is 0 Å². The highest BCUT2D eigenvalue weighted by Gasteiger charge is 2.06. The van der Waals surface area contributed by atoms with Crippen LogP contribution in [0.1, 0.15) is 11.1 Å². The third-order valence-electron chi connectivity index (χ3n) is 2.42. The number of aromatic nitrogens is 2. The number of hydrogen-bond acceptors (Lipinski definition) is 3. The van der Waals surface area contributed by atoms with Gasteiger partial charge in [-0.1, -0.05) is 18.3 Å². The van der Waals surface area contributed by atoms with Gasteiger partial charge < -0.3 is 11.1 Å². The molecule has 0 spiro atoms. The second-order valence-corrected chi connectivity index (χ2v) is 4.38. The summed E-state index contributed by atoms with van der Waals surface area (Å²) in [5, 5.41) is 7.36. The Morgan fingerprint density at radius 2 is 2.24 bits per heavy atom. The summed E-state index contributed by atoms with van der Waals surface area (Å²) in [6, 6.07) is 5.93. The highest BCUT2D eigenvalue weighted by molar-refractivity contribution is 7.80. The predicted octanol–water partition coefficient (Wildman–Crippen LogP) is 2.11. The Kier molecular flexibility index (Phi) is 3.10. The summed E-state index contributed by atoms with van der Waals surface area (Å²) in [4.78, 5) is 0.386. The van der Waals surface area contributed by atoms with E-state index in [1.54, 1.807) is 10.9 Å². The minimum atomic E-state index is 0.386. The molecular formula is C12H14N4S. The van der Waals surface area contributed by atoms with Gasteiger partial charge in [-0.3, -0.25) is 4.68 Å². The number of aryl methyl sites for hydroxylation is 2. The molecule has 1 aromatic carbocycles. The van der Waals surface area contributed by atoms with Crippen LogP contribution in [0.5, 0.6) is 0 Å². The molecule has 2 aromatic rings. The first-order chi connectivity index (χ1) is 8.06. The van der Waals surface area contributed by atoms with Crippen molar-refractivity contribution in [2.45, 2.75) is 6.92 Å². The predicted molar refractivity (Wildman–Crippen MR) is 73.6 cm³/mol. The van der Waals surface area contributed by atoms with Crippen molar-refractivity contribution in [3.63, 3.8) is 0 Å². The molecule has 0 fully saturated rings. The minimum absolute atomic E-state index is 0.386. The molecule has 2 rings (SSSR count). The van der Waals surface area contributed by atoms with Crippen LogP contribution in [-0.2, 0) is 7.05 Å². The number of rotatable bonds is 3. The molecular weight excluding hydrogens is 232 g/mol. The summed E-state index contributed by atoms with van der Waals surface area (Å²) in [5.74, 6) is 0. The van der Waals surface area contributed by atoms with Crippen molar-refractivity contribution < 1.29 is 0 Å². The van der Waals surface area contributed by atoms with Crippen LogP contribution >= 0.6 is 12.2 Å². The third kappa shape index (κ3) is 2.62. The maximum absolute atomic E-state index is 5.69. The second-order valence-electron chi connectivity index (χ2n) is 3.94. The number of thiocarbonyl (C=S) groups is 1. The van der Waals surface area contributed by atoms with Gasteiger partial charge >= 0.3 is 0 Å². The van der Waals surface area contributed by atoms with Crippen LogP contribution in [0, 0.1) is 6.92 Å². The lowest BCUT2D eigenvalue weighted by molar-refractivity contribution is 0.768. The van der Waals surface area contributed by atoms with E-state index >= 15 is 0 Å². The molecule has 1 heterocycles. The average molecular weight is 246 g/mol. The van der Waals surface area contributed by atoms with Crippen molar-refractivity contribution >= 4 is 28.6 Å². The Labute approximate surface area is 105 Å².